The first kappa shape index (κ1) is 15.3. The van der Waals surface area contributed by atoms with Gasteiger partial charge in [0.15, 0.2) is 5.82 Å². The Kier molecular flexibility index (Phi) is 4.02. The number of aromatic nitrogens is 3. The van der Waals surface area contributed by atoms with E-state index < -0.39 is 5.82 Å². The third-order valence-corrected chi connectivity index (χ3v) is 4.84. The molecular weight excluding hydrogens is 309 g/mol. The largest absolute Gasteiger partial charge is 0.329 e. The van der Waals surface area contributed by atoms with Crippen LogP contribution in [0.25, 0.3) is 0 Å². The quantitative estimate of drug-likeness (QED) is 0.908. The van der Waals surface area contributed by atoms with Crippen molar-refractivity contribution in [3.8, 4) is 0 Å². The topological polar surface area (TPSA) is 63.1 Å². The van der Waals surface area contributed by atoms with E-state index in [0.717, 1.165) is 37.6 Å². The smallest absolute Gasteiger partial charge is 0.257 e. The van der Waals surface area contributed by atoms with Crippen molar-refractivity contribution < 1.29 is 9.18 Å². The van der Waals surface area contributed by atoms with E-state index in [0.29, 0.717) is 25.6 Å². The van der Waals surface area contributed by atoms with Crippen LogP contribution in [0, 0.1) is 5.82 Å². The summed E-state index contributed by atoms with van der Waals surface area (Å²) in [6.07, 6.45) is 2.26. The minimum absolute atomic E-state index is 0.113. The molecule has 0 spiro atoms. The van der Waals surface area contributed by atoms with Crippen molar-refractivity contribution in [1.82, 2.24) is 25.0 Å². The molecular formula is C17H20FN5O. The monoisotopic (exact) mass is 329 g/mol. The molecule has 2 aromatic rings. The van der Waals surface area contributed by atoms with Gasteiger partial charge in [-0.1, -0.05) is 12.1 Å². The molecule has 6 nitrogen and oxygen atoms in total. The molecule has 1 atom stereocenters. The van der Waals surface area contributed by atoms with E-state index in [4.69, 9.17) is 0 Å². The molecule has 1 saturated heterocycles. The highest BCUT2D eigenvalue weighted by Crippen LogP contribution is 2.25. The van der Waals surface area contributed by atoms with Crippen LogP contribution in [0.1, 0.15) is 40.8 Å². The lowest BCUT2D eigenvalue weighted by molar-refractivity contribution is 0.0701. The number of hydrogen-bond acceptors (Lipinski definition) is 4. The van der Waals surface area contributed by atoms with Crippen molar-refractivity contribution in [2.24, 2.45) is 0 Å². The van der Waals surface area contributed by atoms with Crippen molar-refractivity contribution in [3.63, 3.8) is 0 Å². The molecule has 2 aliphatic heterocycles. The number of piperidine rings is 1. The average Bonchev–Trinajstić information content (AvgIpc) is 3.05. The van der Waals surface area contributed by atoms with Gasteiger partial charge in [0.25, 0.3) is 5.91 Å². The molecule has 1 N–H and O–H groups in total. The number of rotatable bonds is 2. The molecule has 1 fully saturated rings. The summed E-state index contributed by atoms with van der Waals surface area (Å²) in [5, 5.41) is 12.0. The van der Waals surface area contributed by atoms with Gasteiger partial charge in [-0.15, -0.1) is 10.2 Å². The van der Waals surface area contributed by atoms with Gasteiger partial charge in [0.05, 0.1) is 12.1 Å². The molecule has 0 bridgehead atoms. The first-order valence-electron chi connectivity index (χ1n) is 8.40. The number of carbonyl (C=O) groups is 1. The summed E-state index contributed by atoms with van der Waals surface area (Å²) >= 11 is 0. The maximum Gasteiger partial charge on any atom is 0.257 e. The predicted molar refractivity (Wildman–Crippen MR) is 86.0 cm³/mol. The lowest BCUT2D eigenvalue weighted by atomic mass is 9.99. The Bertz CT molecular complexity index is 753. The van der Waals surface area contributed by atoms with Gasteiger partial charge in [-0.3, -0.25) is 4.79 Å². The van der Waals surface area contributed by atoms with Crippen molar-refractivity contribution in [1.29, 1.82) is 0 Å². The van der Waals surface area contributed by atoms with Crippen LogP contribution in [0.15, 0.2) is 24.3 Å². The fourth-order valence-electron chi connectivity index (χ4n) is 3.53. The van der Waals surface area contributed by atoms with Gasteiger partial charge in [-0.2, -0.15) is 0 Å². The van der Waals surface area contributed by atoms with E-state index in [9.17, 15) is 9.18 Å². The Morgan fingerprint density at radius 1 is 1.25 bits per heavy atom. The molecule has 0 aliphatic carbocycles. The van der Waals surface area contributed by atoms with E-state index in [1.54, 1.807) is 17.0 Å². The van der Waals surface area contributed by atoms with Crippen LogP contribution in [-0.4, -0.2) is 45.2 Å². The number of benzene rings is 1. The molecule has 1 unspecified atom stereocenters. The summed E-state index contributed by atoms with van der Waals surface area (Å²) < 4.78 is 16.0. The highest BCUT2D eigenvalue weighted by molar-refractivity contribution is 5.94. The third-order valence-electron chi connectivity index (χ3n) is 4.84. The molecule has 1 aromatic carbocycles. The van der Waals surface area contributed by atoms with Crippen LogP contribution in [0.4, 0.5) is 4.39 Å². The SMILES string of the molecule is O=C(c1ccccc1F)N1CCn2c(nnc2C2CCCNC2)C1. The van der Waals surface area contributed by atoms with Crippen LogP contribution in [0.2, 0.25) is 0 Å². The normalized spacial score (nSPS) is 20.7. The zero-order valence-corrected chi connectivity index (χ0v) is 13.4. The Morgan fingerprint density at radius 2 is 2.12 bits per heavy atom. The molecule has 1 amide bonds. The Hall–Kier alpha value is -2.28. The lowest BCUT2D eigenvalue weighted by Gasteiger charge is -2.30. The van der Waals surface area contributed by atoms with Crippen LogP contribution < -0.4 is 5.32 Å². The van der Waals surface area contributed by atoms with Gasteiger partial charge in [0.2, 0.25) is 0 Å². The van der Waals surface area contributed by atoms with E-state index in [1.165, 1.54) is 12.1 Å². The molecule has 7 heteroatoms. The van der Waals surface area contributed by atoms with E-state index in [-0.39, 0.29) is 11.5 Å². The highest BCUT2D eigenvalue weighted by atomic mass is 19.1. The predicted octanol–water partition coefficient (Wildman–Crippen LogP) is 1.54. The standard InChI is InChI=1S/C17H20FN5O/c18-14-6-2-1-5-13(14)17(24)22-8-9-23-15(11-22)20-21-16(23)12-4-3-7-19-10-12/h1-2,5-6,12,19H,3-4,7-11H2. The highest BCUT2D eigenvalue weighted by Gasteiger charge is 2.29. The minimum atomic E-state index is -0.483. The van der Waals surface area contributed by atoms with Crippen molar-refractivity contribution >= 4 is 5.91 Å². The summed E-state index contributed by atoms with van der Waals surface area (Å²) in [6, 6.07) is 6.10. The fourth-order valence-corrected chi connectivity index (χ4v) is 3.53. The average molecular weight is 329 g/mol. The van der Waals surface area contributed by atoms with Crippen molar-refractivity contribution in [2.75, 3.05) is 19.6 Å². The summed E-state index contributed by atoms with van der Waals surface area (Å²) in [5.74, 6) is 1.40. The van der Waals surface area contributed by atoms with Gasteiger partial charge in [0, 0.05) is 25.6 Å². The number of fused-ring (bicyclic) bond motifs is 1. The summed E-state index contributed by atoms with van der Waals surface area (Å²) in [4.78, 5) is 14.2. The second kappa shape index (κ2) is 6.32. The van der Waals surface area contributed by atoms with Crippen LogP contribution in [0.3, 0.4) is 0 Å². The number of amides is 1. The maximum absolute atomic E-state index is 13.9. The van der Waals surface area contributed by atoms with Gasteiger partial charge in [-0.25, -0.2) is 4.39 Å². The van der Waals surface area contributed by atoms with Gasteiger partial charge in [-0.05, 0) is 31.5 Å². The Balaban J connectivity index is 1.53. The molecule has 0 saturated carbocycles. The molecule has 1 aromatic heterocycles. The zero-order chi connectivity index (χ0) is 16.5. The van der Waals surface area contributed by atoms with E-state index in [1.807, 2.05) is 0 Å². The van der Waals surface area contributed by atoms with Crippen LogP contribution in [-0.2, 0) is 13.1 Å². The van der Waals surface area contributed by atoms with Gasteiger partial charge >= 0.3 is 0 Å². The summed E-state index contributed by atoms with van der Waals surface area (Å²) in [7, 11) is 0. The molecule has 0 radical (unpaired) electrons. The van der Waals surface area contributed by atoms with Gasteiger partial charge < -0.3 is 14.8 Å². The first-order valence-corrected chi connectivity index (χ1v) is 8.40. The van der Waals surface area contributed by atoms with E-state index >= 15 is 0 Å². The molecule has 3 heterocycles. The molecule has 126 valence electrons. The van der Waals surface area contributed by atoms with Crippen LogP contribution >= 0.6 is 0 Å². The third kappa shape index (κ3) is 2.69. The molecule has 24 heavy (non-hydrogen) atoms. The number of nitrogens with zero attached hydrogens (tertiary/aromatic N) is 4. The Morgan fingerprint density at radius 3 is 2.92 bits per heavy atom. The van der Waals surface area contributed by atoms with Crippen LogP contribution in [0.5, 0.6) is 0 Å². The summed E-state index contributed by atoms with van der Waals surface area (Å²) in [5.41, 5.74) is 0.113. The number of carbonyl (C=O) groups excluding carboxylic acids is 1. The maximum atomic E-state index is 13.9. The summed E-state index contributed by atoms with van der Waals surface area (Å²) in [6.45, 7) is 3.57. The minimum Gasteiger partial charge on any atom is -0.329 e. The molecule has 4 rings (SSSR count). The second-order valence-electron chi connectivity index (χ2n) is 6.38. The zero-order valence-electron chi connectivity index (χ0n) is 13.4. The van der Waals surface area contributed by atoms with Gasteiger partial charge in [0.1, 0.15) is 11.6 Å². The van der Waals surface area contributed by atoms with Crippen molar-refractivity contribution in [2.45, 2.75) is 31.8 Å². The number of halogens is 1. The lowest BCUT2D eigenvalue weighted by Crippen LogP contribution is -2.40. The Labute approximate surface area is 139 Å². The number of nitrogens with one attached hydrogen (secondary N) is 1. The van der Waals surface area contributed by atoms with E-state index in [2.05, 4.69) is 20.1 Å². The first-order chi connectivity index (χ1) is 11.7. The number of hydrogen-bond donors (Lipinski definition) is 1. The second-order valence-corrected chi connectivity index (χ2v) is 6.38. The molecule has 2 aliphatic rings. The fraction of sp³-hybridized carbons (Fsp3) is 0.471. The van der Waals surface area contributed by atoms with Crippen molar-refractivity contribution in [3.05, 3.63) is 47.3 Å².